The van der Waals surface area contributed by atoms with Gasteiger partial charge in [0.1, 0.15) is 4.90 Å². The molecule has 3 rings (SSSR count). The molecule has 0 aliphatic heterocycles. The predicted molar refractivity (Wildman–Crippen MR) is 85.0 cm³/mol. The summed E-state index contributed by atoms with van der Waals surface area (Å²) in [5.41, 5.74) is 1.98. The van der Waals surface area contributed by atoms with Crippen LogP contribution in [0.5, 0.6) is 0 Å². The SMILES string of the molecule is Cn1cc(S(=O)(=O)NCc2cccc(Cn3ccnc3)c2)cn1. The summed E-state index contributed by atoms with van der Waals surface area (Å²) >= 11 is 0. The van der Waals surface area contributed by atoms with E-state index < -0.39 is 10.0 Å². The van der Waals surface area contributed by atoms with E-state index in [0.29, 0.717) is 6.54 Å². The maximum atomic E-state index is 12.2. The molecule has 0 unspecified atom stereocenters. The van der Waals surface area contributed by atoms with Gasteiger partial charge >= 0.3 is 0 Å². The van der Waals surface area contributed by atoms with Gasteiger partial charge in [0.25, 0.3) is 0 Å². The molecule has 2 aromatic heterocycles. The molecule has 0 saturated heterocycles. The van der Waals surface area contributed by atoms with Crippen molar-refractivity contribution in [1.82, 2.24) is 24.1 Å². The first-order chi connectivity index (χ1) is 11.0. The average molecular weight is 331 g/mol. The quantitative estimate of drug-likeness (QED) is 0.734. The highest BCUT2D eigenvalue weighted by Gasteiger charge is 2.15. The van der Waals surface area contributed by atoms with Gasteiger partial charge in [-0.05, 0) is 11.1 Å². The van der Waals surface area contributed by atoms with Gasteiger partial charge in [0.15, 0.2) is 0 Å². The average Bonchev–Trinajstić information content (AvgIpc) is 3.18. The van der Waals surface area contributed by atoms with Crippen LogP contribution in [0.1, 0.15) is 11.1 Å². The number of nitrogens with one attached hydrogen (secondary N) is 1. The second-order valence-electron chi connectivity index (χ2n) is 5.23. The molecular weight excluding hydrogens is 314 g/mol. The van der Waals surface area contributed by atoms with Crippen LogP contribution in [-0.4, -0.2) is 27.7 Å². The van der Waals surface area contributed by atoms with Crippen LogP contribution in [0.2, 0.25) is 0 Å². The fraction of sp³-hybridized carbons (Fsp3) is 0.200. The summed E-state index contributed by atoms with van der Waals surface area (Å²) in [7, 11) is -1.87. The summed E-state index contributed by atoms with van der Waals surface area (Å²) < 4.78 is 30.4. The minimum Gasteiger partial charge on any atom is -0.333 e. The Morgan fingerprint density at radius 2 is 2.09 bits per heavy atom. The van der Waals surface area contributed by atoms with Crippen LogP contribution in [0.3, 0.4) is 0 Å². The predicted octanol–water partition coefficient (Wildman–Crippen LogP) is 1.14. The number of sulfonamides is 1. The molecule has 2 heterocycles. The maximum absolute atomic E-state index is 12.2. The topological polar surface area (TPSA) is 81.8 Å². The monoisotopic (exact) mass is 331 g/mol. The zero-order valence-corrected chi connectivity index (χ0v) is 13.4. The molecule has 0 spiro atoms. The van der Waals surface area contributed by atoms with Crippen LogP contribution < -0.4 is 4.72 Å². The first-order valence-corrected chi connectivity index (χ1v) is 8.53. The Morgan fingerprint density at radius 3 is 2.78 bits per heavy atom. The van der Waals surface area contributed by atoms with Crippen molar-refractivity contribution in [2.75, 3.05) is 0 Å². The highest BCUT2D eigenvalue weighted by atomic mass is 32.2. The minimum absolute atomic E-state index is 0.162. The van der Waals surface area contributed by atoms with Crippen molar-refractivity contribution in [3.8, 4) is 0 Å². The van der Waals surface area contributed by atoms with Gasteiger partial charge in [0.05, 0.1) is 12.5 Å². The Kier molecular flexibility index (Phi) is 4.26. The molecule has 8 heteroatoms. The van der Waals surface area contributed by atoms with Crippen LogP contribution >= 0.6 is 0 Å². The lowest BCUT2D eigenvalue weighted by atomic mass is 10.1. The fourth-order valence-corrected chi connectivity index (χ4v) is 3.23. The van der Waals surface area contributed by atoms with Crippen LogP contribution in [0.15, 0.2) is 60.3 Å². The van der Waals surface area contributed by atoms with Gasteiger partial charge in [-0.2, -0.15) is 5.10 Å². The largest absolute Gasteiger partial charge is 0.333 e. The van der Waals surface area contributed by atoms with E-state index in [-0.39, 0.29) is 11.4 Å². The third-order valence-electron chi connectivity index (χ3n) is 3.37. The molecule has 0 fully saturated rings. The summed E-state index contributed by atoms with van der Waals surface area (Å²) in [6, 6.07) is 7.79. The summed E-state index contributed by atoms with van der Waals surface area (Å²) in [4.78, 5) is 4.17. The lowest BCUT2D eigenvalue weighted by Crippen LogP contribution is -2.23. The van der Waals surface area contributed by atoms with Gasteiger partial charge in [-0.25, -0.2) is 18.1 Å². The Balaban J connectivity index is 1.68. The number of aromatic nitrogens is 4. The Bertz CT molecular complexity index is 884. The highest BCUT2D eigenvalue weighted by Crippen LogP contribution is 2.10. The summed E-state index contributed by atoms with van der Waals surface area (Å²) in [5, 5.41) is 3.88. The fourth-order valence-electron chi connectivity index (χ4n) is 2.23. The third-order valence-corrected chi connectivity index (χ3v) is 4.73. The van der Waals surface area contributed by atoms with E-state index in [4.69, 9.17) is 0 Å². The lowest BCUT2D eigenvalue weighted by molar-refractivity contribution is 0.581. The van der Waals surface area contributed by atoms with Crippen LogP contribution in [0.4, 0.5) is 0 Å². The second kappa shape index (κ2) is 6.35. The highest BCUT2D eigenvalue weighted by molar-refractivity contribution is 7.89. The van der Waals surface area contributed by atoms with E-state index in [0.717, 1.165) is 11.1 Å². The number of nitrogens with zero attached hydrogens (tertiary/aromatic N) is 4. The number of aryl methyl sites for hydroxylation is 1. The molecule has 0 aliphatic rings. The van der Waals surface area contributed by atoms with Crippen molar-refractivity contribution >= 4 is 10.0 Å². The van der Waals surface area contributed by atoms with Crippen molar-refractivity contribution in [3.05, 3.63) is 66.5 Å². The van der Waals surface area contributed by atoms with Gasteiger partial charge < -0.3 is 4.57 Å². The molecule has 1 N–H and O–H groups in total. The first kappa shape index (κ1) is 15.4. The molecule has 0 atom stereocenters. The summed E-state index contributed by atoms with van der Waals surface area (Å²) in [6.45, 7) is 0.929. The number of hydrogen-bond donors (Lipinski definition) is 1. The Hall–Kier alpha value is -2.45. The molecule has 0 saturated carbocycles. The zero-order chi connectivity index (χ0) is 16.3. The molecule has 0 radical (unpaired) electrons. The molecule has 120 valence electrons. The molecule has 0 amide bonds. The number of hydrogen-bond acceptors (Lipinski definition) is 4. The normalized spacial score (nSPS) is 11.7. The van der Waals surface area contributed by atoms with Gasteiger partial charge in [-0.1, -0.05) is 24.3 Å². The molecule has 7 nitrogen and oxygen atoms in total. The van der Waals surface area contributed by atoms with Gasteiger partial charge in [-0.15, -0.1) is 0 Å². The van der Waals surface area contributed by atoms with Crippen molar-refractivity contribution in [2.24, 2.45) is 7.05 Å². The van der Waals surface area contributed by atoms with Gasteiger partial charge in [-0.3, -0.25) is 4.68 Å². The van der Waals surface area contributed by atoms with E-state index in [1.54, 1.807) is 19.6 Å². The summed E-state index contributed by atoms with van der Waals surface area (Å²) in [5.74, 6) is 0. The second-order valence-corrected chi connectivity index (χ2v) is 7.00. The van der Waals surface area contributed by atoms with E-state index in [9.17, 15) is 8.42 Å². The molecule has 0 aliphatic carbocycles. The van der Waals surface area contributed by atoms with Crippen LogP contribution in [-0.2, 0) is 30.2 Å². The number of imidazole rings is 1. The molecular formula is C15H17N5O2S. The van der Waals surface area contributed by atoms with Crippen molar-refractivity contribution < 1.29 is 8.42 Å². The number of benzene rings is 1. The van der Waals surface area contributed by atoms with Gasteiger partial charge in [0, 0.05) is 38.7 Å². The van der Waals surface area contributed by atoms with E-state index in [1.807, 2.05) is 35.0 Å². The Morgan fingerprint density at radius 1 is 1.26 bits per heavy atom. The van der Waals surface area contributed by atoms with Crippen molar-refractivity contribution in [3.63, 3.8) is 0 Å². The minimum atomic E-state index is -3.55. The molecule has 23 heavy (non-hydrogen) atoms. The summed E-state index contributed by atoms with van der Waals surface area (Å²) in [6.07, 6.45) is 8.16. The Labute approximate surface area is 134 Å². The van der Waals surface area contributed by atoms with Crippen molar-refractivity contribution in [2.45, 2.75) is 18.0 Å². The van der Waals surface area contributed by atoms with Crippen LogP contribution in [0, 0.1) is 0 Å². The van der Waals surface area contributed by atoms with E-state index in [1.165, 1.54) is 17.1 Å². The number of rotatable bonds is 6. The maximum Gasteiger partial charge on any atom is 0.243 e. The van der Waals surface area contributed by atoms with Gasteiger partial charge in [0.2, 0.25) is 10.0 Å². The zero-order valence-electron chi connectivity index (χ0n) is 12.6. The lowest BCUT2D eigenvalue weighted by Gasteiger charge is -2.08. The third kappa shape index (κ3) is 3.85. The standard InChI is InChI=1S/C15H17N5O2S/c1-19-11-15(9-17-19)23(21,22)18-8-13-3-2-4-14(7-13)10-20-6-5-16-12-20/h2-7,9,11-12,18H,8,10H2,1H3. The molecule has 0 bridgehead atoms. The van der Waals surface area contributed by atoms with Crippen molar-refractivity contribution in [1.29, 1.82) is 0 Å². The molecule has 1 aromatic carbocycles. The van der Waals surface area contributed by atoms with Crippen LogP contribution in [0.25, 0.3) is 0 Å². The molecule has 3 aromatic rings. The first-order valence-electron chi connectivity index (χ1n) is 7.05. The smallest absolute Gasteiger partial charge is 0.243 e. The van der Waals surface area contributed by atoms with E-state index >= 15 is 0 Å². The van der Waals surface area contributed by atoms with E-state index in [2.05, 4.69) is 14.8 Å².